The predicted molar refractivity (Wildman–Crippen MR) is 280 cm³/mol. The molecule has 14 aromatic rings. The smallest absolute Gasteiger partial charge is 0.143 e. The van der Waals surface area contributed by atoms with Crippen molar-refractivity contribution < 1.29 is 4.42 Å². The van der Waals surface area contributed by atoms with Gasteiger partial charge in [0, 0.05) is 43.9 Å². The standard InChI is InChI=1S/C64H39NO/c1-3-19-40(20-4-1)59-44-24-7-13-30-50(44)62(51-31-14-8-25-45(51)59)55-35-18-33-53-56-39-41(37-38-58(56)66-64(53)55)60-46-26-9-11-28-48(46)61(49-29-12-10-27-47(49)60)54-34-17-32-52-43-23-15-16-36-57(43)65(63(52)54)42-21-5-2-6-22-42/h1-39H. The van der Waals surface area contributed by atoms with E-state index < -0.39 is 0 Å². The van der Waals surface area contributed by atoms with E-state index in [-0.39, 0.29) is 0 Å². The normalized spacial score (nSPS) is 11.9. The molecular formula is C64H39NO. The van der Waals surface area contributed by atoms with Crippen LogP contribution in [0, 0.1) is 0 Å². The maximum Gasteiger partial charge on any atom is 0.143 e. The van der Waals surface area contributed by atoms with E-state index in [2.05, 4.69) is 241 Å². The highest BCUT2D eigenvalue weighted by molar-refractivity contribution is 6.27. The van der Waals surface area contributed by atoms with Gasteiger partial charge in [0.2, 0.25) is 0 Å². The lowest BCUT2D eigenvalue weighted by molar-refractivity contribution is 0.670. The van der Waals surface area contributed by atoms with Crippen molar-refractivity contribution in [3.05, 3.63) is 237 Å². The van der Waals surface area contributed by atoms with Crippen molar-refractivity contribution in [1.82, 2.24) is 4.57 Å². The number of para-hydroxylation sites is 4. The van der Waals surface area contributed by atoms with Gasteiger partial charge in [0.1, 0.15) is 11.2 Å². The first kappa shape index (κ1) is 36.7. The van der Waals surface area contributed by atoms with Crippen molar-refractivity contribution in [3.8, 4) is 50.2 Å². The number of furan rings is 1. The first-order chi connectivity index (χ1) is 32.8. The molecule has 0 fully saturated rings. The summed E-state index contributed by atoms with van der Waals surface area (Å²) in [5, 5.41) is 14.5. The second-order valence-electron chi connectivity index (χ2n) is 17.4. The van der Waals surface area contributed by atoms with Crippen LogP contribution in [-0.4, -0.2) is 4.57 Å². The molecule has 0 aliphatic heterocycles. The van der Waals surface area contributed by atoms with Gasteiger partial charge in [-0.2, -0.15) is 0 Å². The minimum absolute atomic E-state index is 0.876. The van der Waals surface area contributed by atoms with Gasteiger partial charge in [-0.05, 0) is 101 Å². The third-order valence-corrected chi connectivity index (χ3v) is 14.0. The summed E-state index contributed by atoms with van der Waals surface area (Å²) in [6.07, 6.45) is 0. The van der Waals surface area contributed by atoms with E-state index in [0.717, 1.165) is 38.8 Å². The van der Waals surface area contributed by atoms with E-state index >= 15 is 0 Å². The van der Waals surface area contributed by atoms with Crippen molar-refractivity contribution in [1.29, 1.82) is 0 Å². The molecule has 0 amide bonds. The van der Waals surface area contributed by atoms with E-state index in [1.165, 1.54) is 98.3 Å². The summed E-state index contributed by atoms with van der Waals surface area (Å²) in [6, 6.07) is 86.3. The first-order valence-corrected chi connectivity index (χ1v) is 22.8. The molecule has 306 valence electrons. The van der Waals surface area contributed by atoms with Crippen LogP contribution in [-0.2, 0) is 0 Å². The number of aromatic nitrogens is 1. The zero-order valence-electron chi connectivity index (χ0n) is 35.9. The average Bonchev–Trinajstić information content (AvgIpc) is 3.94. The molecule has 0 bridgehead atoms. The van der Waals surface area contributed by atoms with Gasteiger partial charge in [-0.25, -0.2) is 0 Å². The Morgan fingerprint density at radius 2 is 0.712 bits per heavy atom. The first-order valence-electron chi connectivity index (χ1n) is 22.8. The molecule has 0 radical (unpaired) electrons. The van der Waals surface area contributed by atoms with E-state index in [9.17, 15) is 0 Å². The van der Waals surface area contributed by atoms with Gasteiger partial charge in [-0.3, -0.25) is 0 Å². The second-order valence-corrected chi connectivity index (χ2v) is 17.4. The highest BCUT2D eigenvalue weighted by atomic mass is 16.3. The molecule has 66 heavy (non-hydrogen) atoms. The molecule has 0 saturated heterocycles. The Hall–Kier alpha value is -8.72. The van der Waals surface area contributed by atoms with Crippen LogP contribution < -0.4 is 0 Å². The summed E-state index contributed by atoms with van der Waals surface area (Å²) in [6.45, 7) is 0. The molecule has 2 heterocycles. The molecule has 2 aromatic heterocycles. The van der Waals surface area contributed by atoms with Crippen LogP contribution in [0.15, 0.2) is 241 Å². The largest absolute Gasteiger partial charge is 0.455 e. The quantitative estimate of drug-likeness (QED) is 0.158. The molecule has 0 aliphatic rings. The van der Waals surface area contributed by atoms with Gasteiger partial charge in [0.15, 0.2) is 0 Å². The van der Waals surface area contributed by atoms with E-state index in [1.54, 1.807) is 0 Å². The molecule has 0 N–H and O–H groups in total. The van der Waals surface area contributed by atoms with E-state index in [4.69, 9.17) is 4.42 Å². The zero-order chi connectivity index (χ0) is 43.3. The SMILES string of the molecule is c1ccc(-c2c3ccccc3c(-c3cccc4c3oc3ccc(-c5c6ccccc6c(-c6cccc7c8ccccc8n(-c8ccccc8)c67)c6ccccc56)cc34)c3ccccc23)cc1. The Morgan fingerprint density at radius 1 is 0.273 bits per heavy atom. The van der Waals surface area contributed by atoms with Gasteiger partial charge in [-0.1, -0.05) is 206 Å². The molecular weight excluding hydrogens is 799 g/mol. The van der Waals surface area contributed by atoms with Crippen LogP contribution >= 0.6 is 0 Å². The summed E-state index contributed by atoms with van der Waals surface area (Å²) < 4.78 is 9.46. The van der Waals surface area contributed by atoms with Gasteiger partial charge >= 0.3 is 0 Å². The fourth-order valence-corrected chi connectivity index (χ4v) is 11.3. The monoisotopic (exact) mass is 837 g/mol. The lowest BCUT2D eigenvalue weighted by Crippen LogP contribution is -1.96. The van der Waals surface area contributed by atoms with Crippen LogP contribution in [0.25, 0.3) is 137 Å². The molecule has 0 spiro atoms. The van der Waals surface area contributed by atoms with Crippen molar-refractivity contribution in [2.45, 2.75) is 0 Å². The maximum absolute atomic E-state index is 7.00. The molecule has 12 aromatic carbocycles. The van der Waals surface area contributed by atoms with Crippen LogP contribution in [0.4, 0.5) is 0 Å². The highest BCUT2D eigenvalue weighted by Crippen LogP contribution is 2.50. The Balaban J connectivity index is 1.01. The van der Waals surface area contributed by atoms with Crippen LogP contribution in [0.2, 0.25) is 0 Å². The number of benzene rings is 12. The van der Waals surface area contributed by atoms with Gasteiger partial charge in [-0.15, -0.1) is 0 Å². The zero-order valence-corrected chi connectivity index (χ0v) is 35.9. The molecule has 0 aliphatic carbocycles. The van der Waals surface area contributed by atoms with Crippen LogP contribution in [0.3, 0.4) is 0 Å². The minimum Gasteiger partial charge on any atom is -0.455 e. The number of hydrogen-bond acceptors (Lipinski definition) is 1. The molecule has 0 saturated carbocycles. The fraction of sp³-hybridized carbons (Fsp3) is 0. The average molecular weight is 838 g/mol. The van der Waals surface area contributed by atoms with E-state index in [1.807, 2.05) is 0 Å². The van der Waals surface area contributed by atoms with Gasteiger partial charge in [0.05, 0.1) is 11.0 Å². The fourth-order valence-electron chi connectivity index (χ4n) is 11.3. The van der Waals surface area contributed by atoms with Crippen molar-refractivity contribution in [2.75, 3.05) is 0 Å². The third kappa shape index (κ3) is 5.30. The van der Waals surface area contributed by atoms with Crippen molar-refractivity contribution in [2.24, 2.45) is 0 Å². The molecule has 2 heteroatoms. The number of fused-ring (bicyclic) bond motifs is 10. The van der Waals surface area contributed by atoms with Crippen LogP contribution in [0.5, 0.6) is 0 Å². The van der Waals surface area contributed by atoms with Gasteiger partial charge < -0.3 is 8.98 Å². The summed E-state index contributed by atoms with van der Waals surface area (Å²) >= 11 is 0. The Morgan fingerprint density at radius 3 is 1.30 bits per heavy atom. The summed E-state index contributed by atoms with van der Waals surface area (Å²) in [4.78, 5) is 0. The maximum atomic E-state index is 7.00. The number of nitrogens with zero attached hydrogens (tertiary/aromatic N) is 1. The number of hydrogen-bond donors (Lipinski definition) is 0. The second kappa shape index (κ2) is 14.4. The van der Waals surface area contributed by atoms with Crippen LogP contribution in [0.1, 0.15) is 0 Å². The van der Waals surface area contributed by atoms with Crippen molar-refractivity contribution in [3.63, 3.8) is 0 Å². The Labute approximate surface area is 380 Å². The van der Waals surface area contributed by atoms with Crippen molar-refractivity contribution >= 4 is 86.8 Å². The molecule has 14 rings (SSSR count). The molecule has 0 atom stereocenters. The Kier molecular flexibility index (Phi) is 8.02. The lowest BCUT2D eigenvalue weighted by atomic mass is 9.85. The summed E-state index contributed by atoms with van der Waals surface area (Å²) in [5.41, 5.74) is 14.9. The molecule has 2 nitrogen and oxygen atoms in total. The predicted octanol–water partition coefficient (Wildman–Crippen LogP) is 18.0. The molecule has 0 unspecified atom stereocenters. The van der Waals surface area contributed by atoms with Gasteiger partial charge in [0.25, 0.3) is 0 Å². The van der Waals surface area contributed by atoms with E-state index in [0.29, 0.717) is 0 Å². The number of rotatable bonds is 5. The highest BCUT2D eigenvalue weighted by Gasteiger charge is 2.24. The summed E-state index contributed by atoms with van der Waals surface area (Å²) in [5.74, 6) is 0. The summed E-state index contributed by atoms with van der Waals surface area (Å²) in [7, 11) is 0. The minimum atomic E-state index is 0.876. The lowest BCUT2D eigenvalue weighted by Gasteiger charge is -2.19. The Bertz CT molecular complexity index is 4160. The topological polar surface area (TPSA) is 18.1 Å². The third-order valence-electron chi connectivity index (χ3n) is 14.0.